The molecule has 0 saturated heterocycles. The van der Waals surface area contributed by atoms with Crippen molar-refractivity contribution in [1.82, 2.24) is 9.80 Å². The molecule has 9 heteroatoms. The van der Waals surface area contributed by atoms with Gasteiger partial charge in [0.1, 0.15) is 5.70 Å². The van der Waals surface area contributed by atoms with Gasteiger partial charge in [0.05, 0.1) is 14.2 Å². The second kappa shape index (κ2) is 15.8. The molecule has 246 valence electrons. The molecular formula is C39H40N4O5. The van der Waals surface area contributed by atoms with Crippen molar-refractivity contribution in [2.75, 3.05) is 39.7 Å². The maximum Gasteiger partial charge on any atom is 0.265 e. The van der Waals surface area contributed by atoms with E-state index in [0.29, 0.717) is 16.8 Å². The van der Waals surface area contributed by atoms with Crippen LogP contribution in [0, 0.1) is 0 Å². The van der Waals surface area contributed by atoms with Crippen LogP contribution in [0.5, 0.6) is 11.5 Å². The average molecular weight is 645 g/mol. The molecule has 3 amide bonds. The molecule has 0 atom stereocenters. The van der Waals surface area contributed by atoms with Crippen LogP contribution < -0.4 is 20.5 Å². The number of nitrogens with zero attached hydrogens (tertiary/aromatic N) is 2. The Kier molecular flexibility index (Phi) is 11.1. The lowest BCUT2D eigenvalue weighted by Gasteiger charge is -2.29. The van der Waals surface area contributed by atoms with Crippen LogP contribution >= 0.6 is 0 Å². The highest BCUT2D eigenvalue weighted by atomic mass is 16.5. The number of nitrogens with two attached hydrogens (primary N) is 1. The molecule has 0 saturated carbocycles. The fraction of sp³-hybridized carbons (Fsp3) is 0.205. The maximum atomic E-state index is 13.1. The van der Waals surface area contributed by atoms with Crippen LogP contribution in [-0.4, -0.2) is 61.9 Å². The number of rotatable bonds is 12. The van der Waals surface area contributed by atoms with E-state index >= 15 is 0 Å². The molecule has 0 aliphatic carbocycles. The molecule has 0 unspecified atom stereocenters. The summed E-state index contributed by atoms with van der Waals surface area (Å²) >= 11 is 0. The molecular weight excluding hydrogens is 604 g/mol. The lowest BCUT2D eigenvalue weighted by Crippen LogP contribution is -2.32. The minimum Gasteiger partial charge on any atom is -0.493 e. The van der Waals surface area contributed by atoms with Gasteiger partial charge in [-0.15, -0.1) is 0 Å². The van der Waals surface area contributed by atoms with Crippen LogP contribution in [0.4, 0.5) is 5.69 Å². The summed E-state index contributed by atoms with van der Waals surface area (Å²) in [7, 11) is 4.81. The van der Waals surface area contributed by atoms with Crippen LogP contribution in [0.2, 0.25) is 0 Å². The number of ether oxygens (including phenoxy) is 2. The molecule has 0 radical (unpaired) electrons. The van der Waals surface area contributed by atoms with Gasteiger partial charge in [0.2, 0.25) is 0 Å². The summed E-state index contributed by atoms with van der Waals surface area (Å²) in [6.07, 6.45) is 6.36. The Labute approximate surface area is 281 Å². The first-order valence-corrected chi connectivity index (χ1v) is 15.7. The number of hydrogen-bond donors (Lipinski definition) is 2. The van der Waals surface area contributed by atoms with E-state index in [-0.39, 0.29) is 11.6 Å². The maximum absolute atomic E-state index is 13.1. The molecule has 0 spiro atoms. The lowest BCUT2D eigenvalue weighted by molar-refractivity contribution is -0.126. The van der Waals surface area contributed by atoms with Crippen LogP contribution in [0.1, 0.15) is 38.2 Å². The van der Waals surface area contributed by atoms with Crippen molar-refractivity contribution in [2.24, 2.45) is 5.73 Å². The number of methoxy groups -OCH3 is 2. The third kappa shape index (κ3) is 8.57. The van der Waals surface area contributed by atoms with Crippen LogP contribution in [0.15, 0.2) is 103 Å². The fourth-order valence-electron chi connectivity index (χ4n) is 5.60. The van der Waals surface area contributed by atoms with E-state index in [1.807, 2.05) is 54.6 Å². The molecule has 3 N–H and O–H groups in total. The Morgan fingerprint density at radius 2 is 1.56 bits per heavy atom. The summed E-state index contributed by atoms with van der Waals surface area (Å²) in [4.78, 5) is 41.6. The van der Waals surface area contributed by atoms with Crippen molar-refractivity contribution >= 4 is 35.6 Å². The Bertz CT molecular complexity index is 1830. The van der Waals surface area contributed by atoms with E-state index in [9.17, 15) is 14.4 Å². The SMILES string of the molecule is COc1cc2c(cc1OC)CN(CCc1ccc(NC(=O)c3cccc(/C=C/C(=O)N(C)/C(=C\c4ccccc4)C(N)=O)c3)cc1)CC2. The standard InChI is InChI=1S/C39H40N4O5/c1-42(34(38(40)45)23-28-8-5-4-6-9-28)37(44)17-14-29-10-7-11-31(22-29)39(46)41-33-15-12-27(13-16-33)18-20-43-21-19-30-24-35(47-2)36(48-3)25-32(30)26-43/h4-17,22-25H,18-21,26H2,1-3H3,(H2,40,45)(H,41,46)/b17-14+,34-23-. The number of benzene rings is 4. The topological polar surface area (TPSA) is 114 Å². The summed E-state index contributed by atoms with van der Waals surface area (Å²) in [5, 5.41) is 2.95. The predicted octanol–water partition coefficient (Wildman–Crippen LogP) is 5.55. The van der Waals surface area contributed by atoms with Crippen molar-refractivity contribution in [3.05, 3.63) is 136 Å². The van der Waals surface area contributed by atoms with Crippen LogP contribution in [-0.2, 0) is 29.0 Å². The molecule has 9 nitrogen and oxygen atoms in total. The summed E-state index contributed by atoms with van der Waals surface area (Å²) in [5.74, 6) is 0.112. The Morgan fingerprint density at radius 1 is 0.875 bits per heavy atom. The number of amides is 3. The molecule has 1 aliphatic rings. The minimum absolute atomic E-state index is 0.0645. The normalized spacial score (nSPS) is 13.1. The predicted molar refractivity (Wildman–Crippen MR) is 188 cm³/mol. The van der Waals surface area contributed by atoms with E-state index in [1.165, 1.54) is 34.7 Å². The summed E-state index contributed by atoms with van der Waals surface area (Å²) in [5.41, 5.74) is 11.9. The Morgan fingerprint density at radius 3 is 2.25 bits per heavy atom. The summed E-state index contributed by atoms with van der Waals surface area (Å²) in [6, 6.07) is 28.2. The Balaban J connectivity index is 1.15. The molecule has 0 fully saturated rings. The second-order valence-corrected chi connectivity index (χ2v) is 11.6. The number of primary amides is 1. The average Bonchev–Trinajstić information content (AvgIpc) is 3.11. The van der Waals surface area contributed by atoms with Gasteiger partial charge in [0, 0.05) is 44.0 Å². The summed E-state index contributed by atoms with van der Waals surface area (Å²) in [6.45, 7) is 2.77. The summed E-state index contributed by atoms with van der Waals surface area (Å²) < 4.78 is 10.9. The zero-order valence-electron chi connectivity index (χ0n) is 27.4. The van der Waals surface area contributed by atoms with E-state index in [0.717, 1.165) is 49.5 Å². The fourth-order valence-corrected chi connectivity index (χ4v) is 5.60. The molecule has 0 bridgehead atoms. The third-order valence-corrected chi connectivity index (χ3v) is 8.34. The van der Waals surface area contributed by atoms with Gasteiger partial charge in [0.25, 0.3) is 17.7 Å². The molecule has 0 aromatic heterocycles. The largest absolute Gasteiger partial charge is 0.493 e. The van der Waals surface area contributed by atoms with E-state index in [4.69, 9.17) is 15.2 Å². The zero-order valence-corrected chi connectivity index (χ0v) is 27.4. The molecule has 1 heterocycles. The first-order valence-electron chi connectivity index (χ1n) is 15.7. The van der Waals surface area contributed by atoms with E-state index in [2.05, 4.69) is 22.3 Å². The smallest absolute Gasteiger partial charge is 0.265 e. The number of nitrogens with one attached hydrogen (secondary N) is 1. The minimum atomic E-state index is -0.717. The number of fused-ring (bicyclic) bond motifs is 1. The molecule has 5 rings (SSSR count). The third-order valence-electron chi connectivity index (χ3n) is 8.34. The molecule has 1 aliphatic heterocycles. The molecule has 4 aromatic rings. The van der Waals surface area contributed by atoms with Crippen molar-refractivity contribution in [1.29, 1.82) is 0 Å². The monoisotopic (exact) mass is 644 g/mol. The van der Waals surface area contributed by atoms with E-state index in [1.54, 1.807) is 50.6 Å². The van der Waals surface area contributed by atoms with Crippen LogP contribution in [0.25, 0.3) is 12.2 Å². The highest BCUT2D eigenvalue weighted by Gasteiger charge is 2.20. The number of anilines is 1. The quantitative estimate of drug-likeness (QED) is 0.196. The zero-order chi connectivity index (χ0) is 34.0. The van der Waals surface area contributed by atoms with Gasteiger partial charge in [-0.25, -0.2) is 0 Å². The highest BCUT2D eigenvalue weighted by molar-refractivity contribution is 6.05. The van der Waals surface area contributed by atoms with Gasteiger partial charge in [0.15, 0.2) is 11.5 Å². The van der Waals surface area contributed by atoms with Gasteiger partial charge in [-0.2, -0.15) is 0 Å². The first kappa shape index (κ1) is 33.7. The highest BCUT2D eigenvalue weighted by Crippen LogP contribution is 2.33. The van der Waals surface area contributed by atoms with Gasteiger partial charge >= 0.3 is 0 Å². The van der Waals surface area contributed by atoms with Gasteiger partial charge in [-0.1, -0.05) is 54.6 Å². The van der Waals surface area contributed by atoms with Crippen molar-refractivity contribution in [3.8, 4) is 11.5 Å². The van der Waals surface area contributed by atoms with Crippen molar-refractivity contribution in [3.63, 3.8) is 0 Å². The van der Waals surface area contributed by atoms with Crippen LogP contribution in [0.3, 0.4) is 0 Å². The number of carbonyl (C=O) groups is 3. The van der Waals surface area contributed by atoms with Crippen molar-refractivity contribution < 1.29 is 23.9 Å². The van der Waals surface area contributed by atoms with Gasteiger partial charge in [-0.3, -0.25) is 19.3 Å². The molecule has 4 aromatic carbocycles. The van der Waals surface area contributed by atoms with Gasteiger partial charge in [-0.05, 0) is 89.2 Å². The second-order valence-electron chi connectivity index (χ2n) is 11.6. The van der Waals surface area contributed by atoms with Gasteiger partial charge < -0.3 is 25.4 Å². The van der Waals surface area contributed by atoms with E-state index < -0.39 is 11.8 Å². The number of hydrogen-bond acceptors (Lipinski definition) is 6. The number of carbonyl (C=O) groups excluding carboxylic acids is 3. The lowest BCUT2D eigenvalue weighted by atomic mass is 9.98. The van der Waals surface area contributed by atoms with Crippen molar-refractivity contribution in [2.45, 2.75) is 19.4 Å². The first-order chi connectivity index (χ1) is 23.2. The Hall–Kier alpha value is -5.67. The number of likely N-dealkylation sites (N-methyl/N-ethyl adjacent to an activating group) is 1. The molecule has 48 heavy (non-hydrogen) atoms.